The SMILES string of the molecule is CC(C)(O)[C@H](O)c1cc2nc(-c3cnn(C(F)F)c3)c(N3CCN(Cc4ccccc4F)CC3)nc2cn1. The Morgan fingerprint density at radius 1 is 1.03 bits per heavy atom. The molecular weight excluding hydrogens is 499 g/mol. The minimum atomic E-state index is -2.81. The lowest BCUT2D eigenvalue weighted by Gasteiger charge is -2.36. The fourth-order valence-corrected chi connectivity index (χ4v) is 4.44. The van der Waals surface area contributed by atoms with Crippen LogP contribution in [-0.4, -0.2) is 71.6 Å². The van der Waals surface area contributed by atoms with E-state index in [1.165, 1.54) is 44.6 Å². The lowest BCUT2D eigenvalue weighted by Crippen LogP contribution is -2.46. The van der Waals surface area contributed by atoms with Gasteiger partial charge in [-0.25, -0.2) is 19.0 Å². The fraction of sp³-hybridized carbons (Fsp3) is 0.385. The van der Waals surface area contributed by atoms with Gasteiger partial charge < -0.3 is 15.1 Å². The van der Waals surface area contributed by atoms with Crippen LogP contribution in [0.1, 0.15) is 37.8 Å². The zero-order valence-electron chi connectivity index (χ0n) is 21.0. The molecule has 0 aliphatic carbocycles. The Kier molecular flexibility index (Phi) is 7.03. The van der Waals surface area contributed by atoms with Gasteiger partial charge in [-0.05, 0) is 26.0 Å². The average molecular weight is 528 g/mol. The molecule has 9 nitrogen and oxygen atoms in total. The van der Waals surface area contributed by atoms with Crippen molar-refractivity contribution in [2.75, 3.05) is 31.1 Å². The van der Waals surface area contributed by atoms with Crippen LogP contribution < -0.4 is 4.90 Å². The number of hydrogen-bond donors (Lipinski definition) is 2. The second-order valence-electron chi connectivity index (χ2n) is 9.89. The molecule has 1 aliphatic rings. The van der Waals surface area contributed by atoms with Crippen LogP contribution in [0.4, 0.5) is 19.0 Å². The van der Waals surface area contributed by atoms with Crippen molar-refractivity contribution >= 4 is 16.9 Å². The summed E-state index contributed by atoms with van der Waals surface area (Å²) in [5.74, 6) is 0.254. The minimum absolute atomic E-state index is 0.211. The molecule has 5 rings (SSSR count). The van der Waals surface area contributed by atoms with Gasteiger partial charge in [0.25, 0.3) is 0 Å². The molecule has 0 amide bonds. The first-order chi connectivity index (χ1) is 18.1. The van der Waals surface area contributed by atoms with E-state index in [9.17, 15) is 23.4 Å². The number of anilines is 1. The molecule has 4 aromatic rings. The molecule has 0 radical (unpaired) electrons. The van der Waals surface area contributed by atoms with E-state index in [0.29, 0.717) is 71.1 Å². The van der Waals surface area contributed by atoms with Crippen LogP contribution in [0.3, 0.4) is 0 Å². The Hall–Kier alpha value is -3.61. The van der Waals surface area contributed by atoms with Gasteiger partial charge in [-0.15, -0.1) is 0 Å². The lowest BCUT2D eigenvalue weighted by atomic mass is 9.98. The van der Waals surface area contributed by atoms with E-state index in [0.717, 1.165) is 0 Å². The third kappa shape index (κ3) is 5.33. The first kappa shape index (κ1) is 26.0. The highest BCUT2D eigenvalue weighted by atomic mass is 19.3. The molecule has 200 valence electrons. The zero-order valence-corrected chi connectivity index (χ0v) is 21.0. The molecule has 38 heavy (non-hydrogen) atoms. The number of pyridine rings is 1. The molecule has 0 bridgehead atoms. The highest BCUT2D eigenvalue weighted by Gasteiger charge is 2.29. The van der Waals surface area contributed by atoms with E-state index < -0.39 is 18.3 Å². The topological polar surface area (TPSA) is 103 Å². The number of nitrogens with zero attached hydrogens (tertiary/aromatic N) is 7. The summed E-state index contributed by atoms with van der Waals surface area (Å²) in [4.78, 5) is 17.9. The van der Waals surface area contributed by atoms with Gasteiger partial charge in [-0.3, -0.25) is 9.88 Å². The van der Waals surface area contributed by atoms with Crippen molar-refractivity contribution in [3.63, 3.8) is 0 Å². The Morgan fingerprint density at radius 2 is 1.76 bits per heavy atom. The second-order valence-corrected chi connectivity index (χ2v) is 9.89. The number of fused-ring (bicyclic) bond motifs is 1. The van der Waals surface area contributed by atoms with Gasteiger partial charge in [0.15, 0.2) is 5.82 Å². The van der Waals surface area contributed by atoms with Gasteiger partial charge in [0.1, 0.15) is 23.1 Å². The monoisotopic (exact) mass is 527 g/mol. The number of benzene rings is 1. The van der Waals surface area contributed by atoms with Crippen LogP contribution in [0.2, 0.25) is 0 Å². The molecule has 0 unspecified atom stereocenters. The van der Waals surface area contributed by atoms with Crippen LogP contribution in [0, 0.1) is 5.82 Å². The van der Waals surface area contributed by atoms with Crippen molar-refractivity contribution in [1.82, 2.24) is 29.6 Å². The van der Waals surface area contributed by atoms with Crippen molar-refractivity contribution < 1.29 is 23.4 Å². The Bertz CT molecular complexity index is 1430. The summed E-state index contributed by atoms with van der Waals surface area (Å²) in [6.07, 6.45) is 2.73. The quantitative estimate of drug-likeness (QED) is 0.376. The summed E-state index contributed by atoms with van der Waals surface area (Å²) in [7, 11) is 0. The smallest absolute Gasteiger partial charge is 0.333 e. The molecule has 4 heterocycles. The van der Waals surface area contributed by atoms with Crippen molar-refractivity contribution in [2.45, 2.75) is 38.6 Å². The first-order valence-corrected chi connectivity index (χ1v) is 12.2. The molecule has 1 saturated heterocycles. The molecule has 0 saturated carbocycles. The Balaban J connectivity index is 1.47. The Labute approximate surface area is 217 Å². The number of aliphatic hydroxyl groups excluding tert-OH is 1. The predicted molar refractivity (Wildman–Crippen MR) is 135 cm³/mol. The highest BCUT2D eigenvalue weighted by Crippen LogP contribution is 2.32. The molecule has 1 fully saturated rings. The number of halogens is 3. The largest absolute Gasteiger partial charge is 0.387 e. The number of hydrogen-bond acceptors (Lipinski definition) is 8. The number of aromatic nitrogens is 5. The van der Waals surface area contributed by atoms with Gasteiger partial charge in [0, 0.05) is 50.0 Å². The van der Waals surface area contributed by atoms with E-state index in [4.69, 9.17) is 9.97 Å². The normalized spacial score (nSPS) is 15.9. The van der Waals surface area contributed by atoms with Gasteiger partial charge in [-0.1, -0.05) is 18.2 Å². The van der Waals surface area contributed by atoms with E-state index >= 15 is 0 Å². The van der Waals surface area contributed by atoms with E-state index in [1.54, 1.807) is 12.1 Å². The maximum Gasteiger partial charge on any atom is 0.333 e. The fourth-order valence-electron chi connectivity index (χ4n) is 4.44. The third-order valence-electron chi connectivity index (χ3n) is 6.60. The van der Waals surface area contributed by atoms with Crippen LogP contribution >= 0.6 is 0 Å². The van der Waals surface area contributed by atoms with Gasteiger partial charge >= 0.3 is 6.55 Å². The maximum absolute atomic E-state index is 14.1. The molecule has 2 N–H and O–H groups in total. The van der Waals surface area contributed by atoms with Crippen LogP contribution in [-0.2, 0) is 6.54 Å². The summed E-state index contributed by atoms with van der Waals surface area (Å²) in [6, 6.07) is 8.22. The summed E-state index contributed by atoms with van der Waals surface area (Å²) in [6.45, 7) is 3.01. The second kappa shape index (κ2) is 10.3. The summed E-state index contributed by atoms with van der Waals surface area (Å²) < 4.78 is 41.2. The molecular formula is C26H28F3N7O2. The first-order valence-electron chi connectivity index (χ1n) is 12.2. The van der Waals surface area contributed by atoms with Crippen LogP contribution in [0.15, 0.2) is 48.9 Å². The standard InChI is InChI=1S/C26H28F3N7O2/c1-26(2,38)23(37)20-11-19-21(13-30-20)33-24(22(32-19)17-12-31-36(15-17)25(28)29)35-9-7-34(8-10-35)14-16-5-3-4-6-18(16)27/h3-6,11-13,15,23,25,37-38H,7-10,14H2,1-2H3/t23-/m1/s1. The van der Waals surface area contributed by atoms with E-state index in [2.05, 4.69) is 15.0 Å². The molecule has 1 aliphatic heterocycles. The summed E-state index contributed by atoms with van der Waals surface area (Å²) in [5, 5.41) is 24.4. The van der Waals surface area contributed by atoms with E-state index in [-0.39, 0.29) is 11.5 Å². The number of aliphatic hydroxyl groups is 2. The predicted octanol–water partition coefficient (Wildman–Crippen LogP) is 3.55. The summed E-state index contributed by atoms with van der Waals surface area (Å²) >= 11 is 0. The van der Waals surface area contributed by atoms with Gasteiger partial charge in [0.2, 0.25) is 0 Å². The number of alkyl halides is 2. The van der Waals surface area contributed by atoms with Crippen molar-refractivity contribution in [1.29, 1.82) is 0 Å². The van der Waals surface area contributed by atoms with Crippen molar-refractivity contribution in [3.8, 4) is 11.3 Å². The maximum atomic E-state index is 14.1. The third-order valence-corrected chi connectivity index (χ3v) is 6.60. The number of piperazine rings is 1. The highest BCUT2D eigenvalue weighted by molar-refractivity contribution is 5.83. The van der Waals surface area contributed by atoms with Gasteiger partial charge in [-0.2, -0.15) is 13.9 Å². The van der Waals surface area contributed by atoms with Crippen LogP contribution in [0.5, 0.6) is 0 Å². The average Bonchev–Trinajstić information content (AvgIpc) is 3.39. The minimum Gasteiger partial charge on any atom is -0.387 e. The Morgan fingerprint density at radius 3 is 2.42 bits per heavy atom. The van der Waals surface area contributed by atoms with Gasteiger partial charge in [0.05, 0.1) is 29.2 Å². The number of rotatable bonds is 7. The molecule has 0 spiro atoms. The zero-order chi connectivity index (χ0) is 27.0. The summed E-state index contributed by atoms with van der Waals surface area (Å²) in [5.41, 5.74) is 0.972. The molecule has 12 heteroatoms. The molecule has 3 aromatic heterocycles. The van der Waals surface area contributed by atoms with E-state index in [1.807, 2.05) is 11.0 Å². The molecule has 1 atom stereocenters. The van der Waals surface area contributed by atoms with Crippen LogP contribution in [0.25, 0.3) is 22.3 Å². The van der Waals surface area contributed by atoms with Crippen molar-refractivity contribution in [2.24, 2.45) is 0 Å². The molecule has 1 aromatic carbocycles. The van der Waals surface area contributed by atoms with Crippen molar-refractivity contribution in [3.05, 3.63) is 66.0 Å². The lowest BCUT2D eigenvalue weighted by molar-refractivity contribution is -0.0516.